The number of rotatable bonds is 4. The van der Waals surface area contributed by atoms with Gasteiger partial charge in [-0.2, -0.15) is 0 Å². The van der Waals surface area contributed by atoms with Crippen LogP contribution in [0.2, 0.25) is 0 Å². The van der Waals surface area contributed by atoms with E-state index in [-0.39, 0.29) is 18.0 Å². The largest absolute Gasteiger partial charge is 0.493 e. The summed E-state index contributed by atoms with van der Waals surface area (Å²) < 4.78 is 31.3. The minimum atomic E-state index is -0.612. The summed E-state index contributed by atoms with van der Waals surface area (Å²) in [5.41, 5.74) is 2.18. The van der Waals surface area contributed by atoms with Crippen LogP contribution in [0.15, 0.2) is 34.8 Å². The van der Waals surface area contributed by atoms with E-state index in [1.807, 2.05) is 32.9 Å². The number of hydrogen-bond acceptors (Lipinski definition) is 4. The Bertz CT molecular complexity index is 942. The van der Waals surface area contributed by atoms with Crippen LogP contribution in [-0.4, -0.2) is 37.4 Å². The van der Waals surface area contributed by atoms with Gasteiger partial charge in [0.15, 0.2) is 11.5 Å². The van der Waals surface area contributed by atoms with Crippen LogP contribution >= 0.6 is 15.9 Å². The Kier molecular flexibility index (Phi) is 6.60. The molecule has 1 aliphatic rings. The van der Waals surface area contributed by atoms with Gasteiger partial charge in [-0.3, -0.25) is 0 Å². The van der Waals surface area contributed by atoms with Gasteiger partial charge < -0.3 is 19.1 Å². The second kappa shape index (κ2) is 8.84. The van der Waals surface area contributed by atoms with E-state index in [4.69, 9.17) is 14.2 Å². The molecule has 0 N–H and O–H groups in total. The topological polar surface area (TPSA) is 48.0 Å². The molecule has 1 unspecified atom stereocenters. The van der Waals surface area contributed by atoms with Gasteiger partial charge in [-0.1, -0.05) is 15.9 Å². The highest BCUT2D eigenvalue weighted by Gasteiger charge is 2.35. The van der Waals surface area contributed by atoms with E-state index in [1.165, 1.54) is 12.1 Å². The van der Waals surface area contributed by atoms with Crippen LogP contribution < -0.4 is 9.47 Å². The van der Waals surface area contributed by atoms with Crippen LogP contribution in [0.25, 0.3) is 0 Å². The Morgan fingerprint density at radius 3 is 2.47 bits per heavy atom. The van der Waals surface area contributed by atoms with Crippen molar-refractivity contribution in [1.82, 2.24) is 4.90 Å². The lowest BCUT2D eigenvalue weighted by Crippen LogP contribution is -2.43. The smallest absolute Gasteiger partial charge is 0.410 e. The highest BCUT2D eigenvalue weighted by atomic mass is 79.9. The lowest BCUT2D eigenvalue weighted by atomic mass is 9.88. The number of carbonyl (C=O) groups is 1. The van der Waals surface area contributed by atoms with E-state index in [0.29, 0.717) is 30.9 Å². The minimum Gasteiger partial charge on any atom is -0.493 e. The molecule has 0 aliphatic carbocycles. The third-order valence-electron chi connectivity index (χ3n) is 5.05. The molecule has 0 radical (unpaired) electrons. The third kappa shape index (κ3) is 4.89. The van der Waals surface area contributed by atoms with Gasteiger partial charge in [0.1, 0.15) is 11.4 Å². The fraction of sp³-hybridized carbons (Fsp3) is 0.435. The molecule has 0 spiro atoms. The van der Waals surface area contributed by atoms with Crippen molar-refractivity contribution in [3.8, 4) is 11.5 Å². The summed E-state index contributed by atoms with van der Waals surface area (Å²) in [6, 6.07) is 8.10. The van der Waals surface area contributed by atoms with Gasteiger partial charge in [-0.25, -0.2) is 9.18 Å². The van der Waals surface area contributed by atoms with Crippen LogP contribution in [0.1, 0.15) is 43.5 Å². The Balaban J connectivity index is 2.07. The van der Waals surface area contributed by atoms with Gasteiger partial charge in [0.2, 0.25) is 0 Å². The highest BCUT2D eigenvalue weighted by Crippen LogP contribution is 2.40. The van der Waals surface area contributed by atoms with E-state index < -0.39 is 5.60 Å². The zero-order valence-electron chi connectivity index (χ0n) is 17.9. The van der Waals surface area contributed by atoms with Gasteiger partial charge in [0, 0.05) is 11.0 Å². The number of nitrogens with zero attached hydrogens (tertiary/aromatic N) is 1. The molecule has 162 valence electrons. The standard InChI is InChI=1S/C23H27BrFNO4/c1-23(2,3)30-22(27)26-9-8-14-12-20(28-4)21(29-5)13-17(14)19(26)11-15-10-16(25)6-7-18(15)24/h6-7,10,12-13,19H,8-9,11H2,1-5H3. The fourth-order valence-electron chi connectivity index (χ4n) is 3.70. The molecule has 5 nitrogen and oxygen atoms in total. The van der Waals surface area contributed by atoms with Crippen LogP contribution in [-0.2, 0) is 17.6 Å². The van der Waals surface area contributed by atoms with Crippen molar-refractivity contribution in [2.75, 3.05) is 20.8 Å². The summed E-state index contributed by atoms with van der Waals surface area (Å²) in [6.45, 7) is 6.02. The van der Waals surface area contributed by atoms with Gasteiger partial charge in [0.25, 0.3) is 0 Å². The first-order chi connectivity index (χ1) is 14.1. The molecule has 0 saturated carbocycles. The molecular weight excluding hydrogens is 453 g/mol. The van der Waals surface area contributed by atoms with Crippen molar-refractivity contribution in [2.45, 2.75) is 45.3 Å². The Hall–Kier alpha value is -2.28. The Morgan fingerprint density at radius 1 is 1.17 bits per heavy atom. The lowest BCUT2D eigenvalue weighted by molar-refractivity contribution is 0.0141. The van der Waals surface area contributed by atoms with Crippen molar-refractivity contribution in [3.63, 3.8) is 0 Å². The summed E-state index contributed by atoms with van der Waals surface area (Å²) >= 11 is 3.51. The molecule has 0 fully saturated rings. The second-order valence-corrected chi connectivity index (χ2v) is 9.14. The number of methoxy groups -OCH3 is 2. The quantitative estimate of drug-likeness (QED) is 0.565. The number of amides is 1. The van der Waals surface area contributed by atoms with Crippen molar-refractivity contribution >= 4 is 22.0 Å². The molecule has 30 heavy (non-hydrogen) atoms. The highest BCUT2D eigenvalue weighted by molar-refractivity contribution is 9.10. The van der Waals surface area contributed by atoms with Gasteiger partial charge in [-0.05, 0) is 80.6 Å². The summed E-state index contributed by atoms with van der Waals surface area (Å²) in [5.74, 6) is 0.915. The number of fused-ring (bicyclic) bond motifs is 1. The number of hydrogen-bond donors (Lipinski definition) is 0. The normalized spacial score (nSPS) is 16.1. The molecule has 1 heterocycles. The molecule has 3 rings (SSSR count). The first-order valence-electron chi connectivity index (χ1n) is 9.81. The monoisotopic (exact) mass is 479 g/mol. The minimum absolute atomic E-state index is 0.319. The van der Waals surface area contributed by atoms with E-state index >= 15 is 0 Å². The Labute approximate surface area is 185 Å². The van der Waals surface area contributed by atoms with Gasteiger partial charge in [0.05, 0.1) is 20.3 Å². The van der Waals surface area contributed by atoms with E-state index in [9.17, 15) is 9.18 Å². The lowest BCUT2D eigenvalue weighted by Gasteiger charge is -2.38. The van der Waals surface area contributed by atoms with Crippen LogP contribution in [0.4, 0.5) is 9.18 Å². The molecule has 1 atom stereocenters. The second-order valence-electron chi connectivity index (χ2n) is 8.29. The van der Waals surface area contributed by atoms with E-state index in [0.717, 1.165) is 21.2 Å². The zero-order chi connectivity index (χ0) is 22.1. The molecule has 0 bridgehead atoms. The van der Waals surface area contributed by atoms with E-state index in [2.05, 4.69) is 15.9 Å². The average Bonchev–Trinajstić information content (AvgIpc) is 2.68. The predicted octanol–water partition coefficient (Wildman–Crippen LogP) is 5.68. The SMILES string of the molecule is COc1cc2c(cc1OC)C(Cc1cc(F)ccc1Br)N(C(=O)OC(C)(C)C)CC2. The van der Waals surface area contributed by atoms with Crippen molar-refractivity contribution in [1.29, 1.82) is 0 Å². The molecule has 0 saturated heterocycles. The molecule has 2 aromatic carbocycles. The van der Waals surface area contributed by atoms with E-state index in [1.54, 1.807) is 25.2 Å². The van der Waals surface area contributed by atoms with Crippen LogP contribution in [0.3, 0.4) is 0 Å². The maximum Gasteiger partial charge on any atom is 0.410 e. The number of halogens is 2. The van der Waals surface area contributed by atoms with Crippen molar-refractivity contribution in [2.24, 2.45) is 0 Å². The summed E-state index contributed by atoms with van der Waals surface area (Å²) in [6.07, 6.45) is 0.705. The number of ether oxygens (including phenoxy) is 3. The molecule has 7 heteroatoms. The molecular formula is C23H27BrFNO4. The Morgan fingerprint density at radius 2 is 1.83 bits per heavy atom. The van der Waals surface area contributed by atoms with Crippen molar-refractivity contribution in [3.05, 3.63) is 57.3 Å². The number of carbonyl (C=O) groups excluding carboxylic acids is 1. The number of benzene rings is 2. The van der Waals surface area contributed by atoms with Crippen LogP contribution in [0.5, 0.6) is 11.5 Å². The van der Waals surface area contributed by atoms with Gasteiger partial charge >= 0.3 is 6.09 Å². The molecule has 2 aromatic rings. The maximum atomic E-state index is 13.9. The average molecular weight is 480 g/mol. The first kappa shape index (κ1) is 22.4. The third-order valence-corrected chi connectivity index (χ3v) is 5.83. The molecule has 1 aliphatic heterocycles. The molecule has 0 aromatic heterocycles. The fourth-order valence-corrected chi connectivity index (χ4v) is 4.10. The van der Waals surface area contributed by atoms with Crippen LogP contribution in [0, 0.1) is 5.82 Å². The van der Waals surface area contributed by atoms with Crippen molar-refractivity contribution < 1.29 is 23.4 Å². The maximum absolute atomic E-state index is 13.9. The first-order valence-corrected chi connectivity index (χ1v) is 10.6. The summed E-state index contributed by atoms with van der Waals surface area (Å²) in [5, 5.41) is 0. The zero-order valence-corrected chi connectivity index (χ0v) is 19.5. The van der Waals surface area contributed by atoms with Gasteiger partial charge in [-0.15, -0.1) is 0 Å². The summed E-state index contributed by atoms with van der Waals surface area (Å²) in [7, 11) is 3.18. The summed E-state index contributed by atoms with van der Waals surface area (Å²) in [4.78, 5) is 14.7. The predicted molar refractivity (Wildman–Crippen MR) is 117 cm³/mol. The molecule has 1 amide bonds.